The van der Waals surface area contributed by atoms with Gasteiger partial charge in [-0.15, -0.1) is 0 Å². The van der Waals surface area contributed by atoms with Gasteiger partial charge in [0, 0.05) is 6.54 Å². The zero-order valence-corrected chi connectivity index (χ0v) is 15.0. The number of nitrogens with two attached hydrogens (primary N) is 3. The van der Waals surface area contributed by atoms with Crippen molar-refractivity contribution < 1.29 is 34.2 Å². The van der Waals surface area contributed by atoms with Crippen LogP contribution in [-0.2, 0) is 24.0 Å². The SMILES string of the molecule is NCC(=O)N[C@H](CCCN=C(N)N)C(=O)NCC(=O)N[C@H](CC(=O)O)C(=O)O. The van der Waals surface area contributed by atoms with Crippen LogP contribution in [-0.4, -0.2) is 77.6 Å². The summed E-state index contributed by atoms with van der Waals surface area (Å²) in [5.41, 5.74) is 15.6. The molecule has 2 atom stereocenters. The first-order valence-corrected chi connectivity index (χ1v) is 8.13. The second-order valence-corrected chi connectivity index (χ2v) is 5.55. The number of hydrogen-bond donors (Lipinski definition) is 8. The Bertz CT molecular complexity index is 619. The Morgan fingerprint density at radius 3 is 2.07 bits per heavy atom. The summed E-state index contributed by atoms with van der Waals surface area (Å²) < 4.78 is 0. The number of carboxylic acids is 2. The normalized spacial score (nSPS) is 12.2. The monoisotopic (exact) mass is 403 g/mol. The number of carbonyl (C=O) groups excluding carboxylic acids is 3. The van der Waals surface area contributed by atoms with Crippen LogP contribution in [0.1, 0.15) is 19.3 Å². The van der Waals surface area contributed by atoms with Crippen molar-refractivity contribution in [1.29, 1.82) is 0 Å². The van der Waals surface area contributed by atoms with Crippen LogP contribution in [0.25, 0.3) is 0 Å². The first-order chi connectivity index (χ1) is 13.1. The van der Waals surface area contributed by atoms with Crippen molar-refractivity contribution in [1.82, 2.24) is 16.0 Å². The van der Waals surface area contributed by atoms with Crippen molar-refractivity contribution in [3.8, 4) is 0 Å². The summed E-state index contributed by atoms with van der Waals surface area (Å²) in [6.07, 6.45) is -0.339. The van der Waals surface area contributed by atoms with E-state index in [4.69, 9.17) is 27.4 Å². The first-order valence-electron chi connectivity index (χ1n) is 8.13. The van der Waals surface area contributed by atoms with Gasteiger partial charge in [0.15, 0.2) is 5.96 Å². The van der Waals surface area contributed by atoms with Crippen LogP contribution in [0.3, 0.4) is 0 Å². The highest BCUT2D eigenvalue weighted by molar-refractivity contribution is 5.92. The molecular formula is C14H25N7O7. The molecule has 0 aromatic heterocycles. The molecule has 0 aromatic rings. The van der Waals surface area contributed by atoms with Gasteiger partial charge in [0.1, 0.15) is 12.1 Å². The van der Waals surface area contributed by atoms with E-state index in [0.29, 0.717) is 6.42 Å². The number of aliphatic carboxylic acids is 2. The molecule has 0 bridgehead atoms. The smallest absolute Gasteiger partial charge is 0.326 e. The van der Waals surface area contributed by atoms with E-state index in [1.807, 2.05) is 5.32 Å². The summed E-state index contributed by atoms with van der Waals surface area (Å²) in [5.74, 6) is -5.30. The van der Waals surface area contributed by atoms with E-state index >= 15 is 0 Å². The summed E-state index contributed by atoms with van der Waals surface area (Å²) in [4.78, 5) is 60.6. The Balaban J connectivity index is 4.70. The molecule has 0 heterocycles. The summed E-state index contributed by atoms with van der Waals surface area (Å²) in [7, 11) is 0. The number of rotatable bonds is 13. The fourth-order valence-electron chi connectivity index (χ4n) is 1.94. The van der Waals surface area contributed by atoms with Gasteiger partial charge in [0.2, 0.25) is 17.7 Å². The molecule has 3 amide bonds. The van der Waals surface area contributed by atoms with Gasteiger partial charge >= 0.3 is 11.9 Å². The number of amides is 3. The summed E-state index contributed by atoms with van der Waals surface area (Å²) in [6, 6.07) is -2.67. The van der Waals surface area contributed by atoms with E-state index in [-0.39, 0.29) is 25.5 Å². The van der Waals surface area contributed by atoms with Crippen molar-refractivity contribution in [2.75, 3.05) is 19.6 Å². The van der Waals surface area contributed by atoms with E-state index in [9.17, 15) is 24.0 Å². The van der Waals surface area contributed by atoms with Gasteiger partial charge in [0.05, 0.1) is 19.5 Å². The fraction of sp³-hybridized carbons (Fsp3) is 0.571. The highest BCUT2D eigenvalue weighted by atomic mass is 16.4. The van der Waals surface area contributed by atoms with Crippen LogP contribution in [0.5, 0.6) is 0 Å². The Morgan fingerprint density at radius 1 is 0.964 bits per heavy atom. The molecule has 0 radical (unpaired) electrons. The summed E-state index contributed by atoms with van der Waals surface area (Å²) in [5, 5.41) is 24.1. The molecule has 0 unspecified atom stereocenters. The van der Waals surface area contributed by atoms with Crippen LogP contribution in [0.15, 0.2) is 4.99 Å². The second-order valence-electron chi connectivity index (χ2n) is 5.55. The third-order valence-electron chi connectivity index (χ3n) is 3.22. The van der Waals surface area contributed by atoms with E-state index in [0.717, 1.165) is 0 Å². The van der Waals surface area contributed by atoms with Crippen LogP contribution in [0, 0.1) is 0 Å². The molecule has 14 nitrogen and oxygen atoms in total. The molecule has 0 aromatic carbocycles. The maximum atomic E-state index is 12.2. The van der Waals surface area contributed by atoms with Crippen molar-refractivity contribution in [3.63, 3.8) is 0 Å². The van der Waals surface area contributed by atoms with Crippen molar-refractivity contribution >= 4 is 35.6 Å². The molecular weight excluding hydrogens is 378 g/mol. The average Bonchev–Trinajstić information content (AvgIpc) is 2.60. The number of hydrogen-bond acceptors (Lipinski definition) is 7. The molecule has 0 aliphatic heterocycles. The molecule has 0 spiro atoms. The third kappa shape index (κ3) is 11.2. The molecule has 0 rings (SSSR count). The van der Waals surface area contributed by atoms with Gasteiger partial charge < -0.3 is 43.4 Å². The Kier molecular flexibility index (Phi) is 11.3. The van der Waals surface area contributed by atoms with Gasteiger partial charge in [-0.3, -0.25) is 24.2 Å². The average molecular weight is 403 g/mol. The lowest BCUT2D eigenvalue weighted by Crippen LogP contribution is -2.51. The molecule has 14 heteroatoms. The molecule has 158 valence electrons. The zero-order valence-electron chi connectivity index (χ0n) is 15.0. The first kappa shape index (κ1) is 24.6. The number of guanidine groups is 1. The van der Waals surface area contributed by atoms with E-state index in [2.05, 4.69) is 15.6 Å². The number of nitrogens with one attached hydrogen (secondary N) is 3. The van der Waals surface area contributed by atoms with E-state index < -0.39 is 54.7 Å². The Hall–Kier alpha value is -3.42. The lowest BCUT2D eigenvalue weighted by Gasteiger charge is -2.18. The standard InChI is InChI=1S/C14H25N7O7/c15-5-9(22)20-7(2-1-3-18-14(16)17)12(26)19-6-10(23)21-8(13(27)28)4-11(24)25/h7-8H,1-6,15H2,(H,19,26)(H,20,22)(H,21,23)(H,24,25)(H,27,28)(H4,16,17,18)/t7-,8-/m1/s1. The zero-order chi connectivity index (χ0) is 21.7. The fourth-order valence-corrected chi connectivity index (χ4v) is 1.94. The minimum atomic E-state index is -1.64. The summed E-state index contributed by atoms with van der Waals surface area (Å²) in [6.45, 7) is -0.765. The van der Waals surface area contributed by atoms with Crippen LogP contribution >= 0.6 is 0 Å². The Labute approximate surface area is 159 Å². The topological polar surface area (TPSA) is 252 Å². The number of aliphatic imine (C=N–C) groups is 1. The maximum absolute atomic E-state index is 12.2. The van der Waals surface area contributed by atoms with E-state index in [1.54, 1.807) is 0 Å². The van der Waals surface area contributed by atoms with E-state index in [1.165, 1.54) is 0 Å². The summed E-state index contributed by atoms with van der Waals surface area (Å²) >= 11 is 0. The van der Waals surface area contributed by atoms with Crippen LogP contribution in [0.2, 0.25) is 0 Å². The third-order valence-corrected chi connectivity index (χ3v) is 3.22. The van der Waals surface area contributed by atoms with Crippen LogP contribution < -0.4 is 33.2 Å². The number of carboxylic acid groups (broad SMARTS) is 2. The predicted molar refractivity (Wildman–Crippen MR) is 95.7 cm³/mol. The maximum Gasteiger partial charge on any atom is 0.326 e. The molecule has 0 saturated heterocycles. The van der Waals surface area contributed by atoms with Crippen molar-refractivity contribution in [2.45, 2.75) is 31.3 Å². The molecule has 28 heavy (non-hydrogen) atoms. The highest BCUT2D eigenvalue weighted by Crippen LogP contribution is 1.99. The van der Waals surface area contributed by atoms with Gasteiger partial charge in [-0.1, -0.05) is 0 Å². The molecule has 0 aliphatic carbocycles. The minimum Gasteiger partial charge on any atom is -0.481 e. The lowest BCUT2D eigenvalue weighted by molar-refractivity contribution is -0.147. The lowest BCUT2D eigenvalue weighted by atomic mass is 10.1. The molecule has 11 N–H and O–H groups in total. The largest absolute Gasteiger partial charge is 0.481 e. The van der Waals surface area contributed by atoms with Gasteiger partial charge in [-0.25, -0.2) is 4.79 Å². The number of carbonyl (C=O) groups is 5. The van der Waals surface area contributed by atoms with Crippen molar-refractivity contribution in [3.05, 3.63) is 0 Å². The Morgan fingerprint density at radius 2 is 1.57 bits per heavy atom. The van der Waals surface area contributed by atoms with Crippen molar-refractivity contribution in [2.24, 2.45) is 22.2 Å². The predicted octanol–water partition coefficient (Wildman–Crippen LogP) is -4.36. The number of nitrogens with zero attached hydrogens (tertiary/aromatic N) is 1. The minimum absolute atomic E-state index is 0.127. The van der Waals surface area contributed by atoms with Gasteiger partial charge in [-0.05, 0) is 12.8 Å². The quantitative estimate of drug-likeness (QED) is 0.0832. The molecule has 0 fully saturated rings. The van der Waals surface area contributed by atoms with Gasteiger partial charge in [0.25, 0.3) is 0 Å². The second kappa shape index (κ2) is 12.9. The van der Waals surface area contributed by atoms with Gasteiger partial charge in [-0.2, -0.15) is 0 Å². The molecule has 0 aliphatic rings. The highest BCUT2D eigenvalue weighted by Gasteiger charge is 2.24. The molecule has 0 saturated carbocycles. The van der Waals surface area contributed by atoms with Crippen LogP contribution in [0.4, 0.5) is 0 Å².